The zero-order valence-corrected chi connectivity index (χ0v) is 16.0. The Morgan fingerprint density at radius 2 is 1.74 bits per heavy atom. The maximum atomic E-state index is 13.0. The molecule has 4 nitrogen and oxygen atoms in total. The molecule has 6 heteroatoms. The molecule has 0 saturated carbocycles. The molecule has 0 amide bonds. The van der Waals surface area contributed by atoms with Crippen molar-refractivity contribution >= 4 is 17.3 Å². The van der Waals surface area contributed by atoms with Gasteiger partial charge >= 0.3 is 0 Å². The summed E-state index contributed by atoms with van der Waals surface area (Å²) in [5.74, 6) is 5.24. The average Bonchev–Trinajstić information content (AvgIpc) is 2.68. The van der Waals surface area contributed by atoms with Gasteiger partial charge in [0, 0.05) is 18.1 Å². The minimum Gasteiger partial charge on any atom is -0.385 e. The van der Waals surface area contributed by atoms with Crippen molar-refractivity contribution in [2.24, 2.45) is 10.9 Å². The summed E-state index contributed by atoms with van der Waals surface area (Å²) in [6.07, 6.45) is 3.04. The van der Waals surface area contributed by atoms with Gasteiger partial charge in [-0.3, -0.25) is 0 Å². The lowest BCUT2D eigenvalue weighted by atomic mass is 9.84. The molecule has 0 aromatic heterocycles. The molecule has 0 aliphatic carbocycles. The van der Waals surface area contributed by atoms with E-state index in [2.05, 4.69) is 10.0 Å². The zero-order valence-electron chi connectivity index (χ0n) is 15.2. The number of nitrogens with two attached hydrogens (primary N) is 1. The quantitative estimate of drug-likeness (QED) is 0.447. The van der Waals surface area contributed by atoms with E-state index >= 15 is 0 Å². The molecule has 2 aromatic rings. The Balaban J connectivity index is 1.48. The maximum Gasteiger partial charge on any atom is 0.123 e. The number of piperidine rings is 1. The lowest BCUT2D eigenvalue weighted by Gasteiger charge is -2.38. The molecule has 0 atom stereocenters. The van der Waals surface area contributed by atoms with Crippen molar-refractivity contribution < 1.29 is 9.50 Å². The van der Waals surface area contributed by atoms with Gasteiger partial charge in [-0.15, -0.1) is 0 Å². The fourth-order valence-electron chi connectivity index (χ4n) is 3.59. The van der Waals surface area contributed by atoms with Crippen LogP contribution in [0.4, 0.5) is 4.39 Å². The summed E-state index contributed by atoms with van der Waals surface area (Å²) in [5.41, 5.74) is 1.79. The van der Waals surface area contributed by atoms with E-state index in [9.17, 15) is 9.50 Å². The number of aliphatic hydroxyl groups is 1. The highest BCUT2D eigenvalue weighted by Gasteiger charge is 2.33. The molecule has 1 fully saturated rings. The summed E-state index contributed by atoms with van der Waals surface area (Å²) >= 11 is 5.94. The molecule has 0 bridgehead atoms. The third-order valence-electron chi connectivity index (χ3n) is 5.29. The summed E-state index contributed by atoms with van der Waals surface area (Å²) in [6, 6.07) is 13.7. The fraction of sp³-hybridized carbons (Fsp3) is 0.381. The molecule has 3 rings (SSSR count). The van der Waals surface area contributed by atoms with E-state index in [0.717, 1.165) is 49.3 Å². The number of rotatable bonds is 6. The van der Waals surface area contributed by atoms with Gasteiger partial charge in [0.2, 0.25) is 0 Å². The lowest BCUT2D eigenvalue weighted by Crippen LogP contribution is -2.42. The first-order valence-electron chi connectivity index (χ1n) is 9.24. The average molecular weight is 390 g/mol. The van der Waals surface area contributed by atoms with Crippen molar-refractivity contribution in [1.82, 2.24) is 4.90 Å². The van der Waals surface area contributed by atoms with Crippen LogP contribution >= 0.6 is 11.6 Å². The lowest BCUT2D eigenvalue weighted by molar-refractivity contribution is -0.0259. The number of hydrogen-bond acceptors (Lipinski definition) is 4. The number of nitrogens with zero attached hydrogens (tertiary/aromatic N) is 2. The molecule has 1 saturated heterocycles. The van der Waals surface area contributed by atoms with E-state index < -0.39 is 5.60 Å². The van der Waals surface area contributed by atoms with Crippen molar-refractivity contribution in [3.63, 3.8) is 0 Å². The second kappa shape index (κ2) is 8.83. The van der Waals surface area contributed by atoms with Crippen molar-refractivity contribution in [3.05, 3.63) is 70.5 Å². The first-order valence-corrected chi connectivity index (χ1v) is 9.61. The van der Waals surface area contributed by atoms with E-state index in [4.69, 9.17) is 17.4 Å². The summed E-state index contributed by atoms with van der Waals surface area (Å²) in [6.45, 7) is 2.59. The van der Waals surface area contributed by atoms with Crippen LogP contribution in [-0.4, -0.2) is 35.4 Å². The number of likely N-dealkylation sites (tertiary alicyclic amines) is 1. The van der Waals surface area contributed by atoms with Crippen molar-refractivity contribution in [2.45, 2.75) is 31.3 Å². The first kappa shape index (κ1) is 19.8. The van der Waals surface area contributed by atoms with Crippen LogP contribution in [0.15, 0.2) is 53.6 Å². The second-order valence-corrected chi connectivity index (χ2v) is 7.50. The minimum atomic E-state index is -0.779. The molecule has 1 aliphatic heterocycles. The molecule has 1 heterocycles. The summed E-state index contributed by atoms with van der Waals surface area (Å²) < 4.78 is 13.0. The summed E-state index contributed by atoms with van der Waals surface area (Å²) in [4.78, 5) is 2.35. The van der Waals surface area contributed by atoms with Gasteiger partial charge in [-0.1, -0.05) is 35.9 Å². The van der Waals surface area contributed by atoms with Crippen LogP contribution in [0.5, 0.6) is 0 Å². The van der Waals surface area contributed by atoms with Crippen molar-refractivity contribution in [1.29, 1.82) is 0 Å². The Morgan fingerprint density at radius 3 is 2.33 bits per heavy atom. The highest BCUT2D eigenvalue weighted by molar-refractivity contribution is 6.30. The van der Waals surface area contributed by atoms with Gasteiger partial charge in [-0.25, -0.2) is 4.39 Å². The highest BCUT2D eigenvalue weighted by atomic mass is 35.5. The van der Waals surface area contributed by atoms with Gasteiger partial charge < -0.3 is 15.8 Å². The van der Waals surface area contributed by atoms with Crippen LogP contribution < -0.4 is 5.84 Å². The first-order chi connectivity index (χ1) is 13.0. The second-order valence-electron chi connectivity index (χ2n) is 7.07. The van der Waals surface area contributed by atoms with Crippen LogP contribution in [0.1, 0.15) is 36.8 Å². The summed E-state index contributed by atoms with van der Waals surface area (Å²) in [7, 11) is 0. The maximum absolute atomic E-state index is 13.0. The minimum absolute atomic E-state index is 0.267. The molecule has 27 heavy (non-hydrogen) atoms. The Hall–Kier alpha value is -1.95. The number of benzene rings is 2. The van der Waals surface area contributed by atoms with Gasteiger partial charge in [-0.2, -0.15) is 5.10 Å². The Kier molecular flexibility index (Phi) is 6.47. The zero-order chi connectivity index (χ0) is 19.3. The molecular formula is C21H25ClFN3O. The van der Waals surface area contributed by atoms with Crippen LogP contribution in [0.3, 0.4) is 0 Å². The molecule has 0 unspecified atom stereocenters. The number of halogens is 2. The van der Waals surface area contributed by atoms with Crippen LogP contribution in [0, 0.1) is 5.82 Å². The highest BCUT2D eigenvalue weighted by Crippen LogP contribution is 2.33. The van der Waals surface area contributed by atoms with Gasteiger partial charge in [-0.05, 0) is 67.6 Å². The number of hydrazone groups is 1. The normalized spacial score (nSPS) is 17.8. The van der Waals surface area contributed by atoms with Gasteiger partial charge in [0.05, 0.1) is 11.3 Å². The fourth-order valence-corrected chi connectivity index (χ4v) is 3.72. The molecule has 3 N–H and O–H groups in total. The number of hydrogen-bond donors (Lipinski definition) is 2. The Labute approximate surface area is 164 Å². The standard InChI is InChI=1S/C21H25ClFN3O/c22-18-7-5-17(6-8-18)21(27)11-14-26(15-12-21)13-1-2-20(25-24)16-3-9-19(23)10-4-16/h3-10,27H,1-2,11-15,24H2. The molecule has 144 valence electrons. The van der Waals surface area contributed by atoms with E-state index in [-0.39, 0.29) is 5.82 Å². The monoisotopic (exact) mass is 389 g/mol. The molecule has 2 aromatic carbocycles. The largest absolute Gasteiger partial charge is 0.385 e. The third-order valence-corrected chi connectivity index (χ3v) is 5.54. The molecule has 1 aliphatic rings. The van der Waals surface area contributed by atoms with Crippen LogP contribution in [0.2, 0.25) is 5.02 Å². The van der Waals surface area contributed by atoms with E-state index in [0.29, 0.717) is 17.9 Å². The van der Waals surface area contributed by atoms with Gasteiger partial charge in [0.25, 0.3) is 0 Å². The Bertz CT molecular complexity index is 769. The topological polar surface area (TPSA) is 61.8 Å². The molecule has 0 spiro atoms. The Morgan fingerprint density at radius 1 is 1.11 bits per heavy atom. The van der Waals surface area contributed by atoms with E-state index in [1.54, 1.807) is 12.1 Å². The van der Waals surface area contributed by atoms with Crippen LogP contribution in [-0.2, 0) is 5.60 Å². The van der Waals surface area contributed by atoms with Crippen molar-refractivity contribution in [2.75, 3.05) is 19.6 Å². The molecular weight excluding hydrogens is 365 g/mol. The van der Waals surface area contributed by atoms with E-state index in [1.807, 2.05) is 24.3 Å². The predicted molar refractivity (Wildman–Crippen MR) is 107 cm³/mol. The smallest absolute Gasteiger partial charge is 0.123 e. The van der Waals surface area contributed by atoms with E-state index in [1.165, 1.54) is 12.1 Å². The van der Waals surface area contributed by atoms with Crippen LogP contribution in [0.25, 0.3) is 0 Å². The predicted octanol–water partition coefficient (Wildman–Crippen LogP) is 3.91. The van der Waals surface area contributed by atoms with Gasteiger partial charge in [0.15, 0.2) is 0 Å². The van der Waals surface area contributed by atoms with Crippen molar-refractivity contribution in [3.8, 4) is 0 Å². The SMILES string of the molecule is NN=C(CCCN1CCC(O)(c2ccc(Cl)cc2)CC1)c1ccc(F)cc1. The third kappa shape index (κ3) is 5.06. The molecule has 0 radical (unpaired) electrons. The summed E-state index contributed by atoms with van der Waals surface area (Å²) in [5, 5.41) is 15.5. The van der Waals surface area contributed by atoms with Gasteiger partial charge in [0.1, 0.15) is 5.82 Å².